The van der Waals surface area contributed by atoms with Crippen molar-refractivity contribution in [2.45, 2.75) is 71.6 Å². The number of carbonyl (C=O) groups excluding carboxylic acids is 1. The van der Waals surface area contributed by atoms with Gasteiger partial charge in [-0.05, 0) is 80.1 Å². The van der Waals surface area contributed by atoms with E-state index < -0.39 is 0 Å². The molecule has 4 rings (SSSR count). The molecule has 172 valence electrons. The molecule has 1 N–H and O–H groups in total. The van der Waals surface area contributed by atoms with Gasteiger partial charge in [0.1, 0.15) is 5.75 Å². The third-order valence-electron chi connectivity index (χ3n) is 8.41. The van der Waals surface area contributed by atoms with E-state index in [-0.39, 0.29) is 28.9 Å². The van der Waals surface area contributed by atoms with Gasteiger partial charge in [-0.1, -0.05) is 26.8 Å². The number of ether oxygens (including phenoxy) is 2. The number of benzene rings is 1. The first-order valence-corrected chi connectivity index (χ1v) is 12.0. The van der Waals surface area contributed by atoms with Crippen molar-refractivity contribution in [3.63, 3.8) is 0 Å². The highest BCUT2D eigenvalue weighted by atomic mass is 16.5. The average molecular weight is 429 g/mol. The fourth-order valence-electron chi connectivity index (χ4n) is 7.02. The molecule has 1 aliphatic heterocycles. The van der Waals surface area contributed by atoms with Gasteiger partial charge >= 0.3 is 0 Å². The van der Waals surface area contributed by atoms with Crippen molar-refractivity contribution in [1.29, 1.82) is 0 Å². The summed E-state index contributed by atoms with van der Waals surface area (Å²) in [4.78, 5) is 14.8. The molecule has 1 amide bonds. The van der Waals surface area contributed by atoms with Crippen molar-refractivity contribution < 1.29 is 14.3 Å². The van der Waals surface area contributed by atoms with E-state index in [1.165, 1.54) is 24.0 Å². The molecular formula is C26H40N2O3. The Morgan fingerprint density at radius 2 is 2.10 bits per heavy atom. The Hall–Kier alpha value is -1.59. The van der Waals surface area contributed by atoms with Crippen LogP contribution in [0, 0.1) is 22.7 Å². The monoisotopic (exact) mass is 428 g/mol. The van der Waals surface area contributed by atoms with Crippen molar-refractivity contribution in [2.24, 2.45) is 22.7 Å². The van der Waals surface area contributed by atoms with Crippen LogP contribution in [0.25, 0.3) is 0 Å². The van der Waals surface area contributed by atoms with E-state index in [2.05, 4.69) is 63.3 Å². The Labute approximate surface area is 187 Å². The van der Waals surface area contributed by atoms with Gasteiger partial charge in [-0.15, -0.1) is 0 Å². The minimum absolute atomic E-state index is 0.0900. The van der Waals surface area contributed by atoms with Crippen LogP contribution in [-0.2, 0) is 16.1 Å². The van der Waals surface area contributed by atoms with E-state index in [0.717, 1.165) is 31.7 Å². The van der Waals surface area contributed by atoms with Gasteiger partial charge in [-0.25, -0.2) is 0 Å². The van der Waals surface area contributed by atoms with Gasteiger partial charge in [-0.3, -0.25) is 4.79 Å². The summed E-state index contributed by atoms with van der Waals surface area (Å²) in [6.07, 6.45) is 5.04. The predicted octanol–water partition coefficient (Wildman–Crippen LogP) is 4.56. The standard InChI is InChI=1S/C26H40N2O3/c1-7-8-22(29)27-24-25(2,3)19-14-20-23(31-12-11-26(20,24)15-19)17-9-10-21(30-6)18(13-17)16-28(4)5/h9-10,13,19-20,23-24H,7-8,11-12,14-16H2,1-6H3,(H,27,29)/t19-,20-,23-,24-,26?/m1/s1. The predicted molar refractivity (Wildman–Crippen MR) is 123 cm³/mol. The molecule has 5 atom stereocenters. The number of nitrogens with one attached hydrogen (secondary N) is 1. The van der Waals surface area contributed by atoms with E-state index in [1.54, 1.807) is 7.11 Å². The molecule has 2 aliphatic carbocycles. The van der Waals surface area contributed by atoms with Gasteiger partial charge in [0.2, 0.25) is 5.91 Å². The average Bonchev–Trinajstić information content (AvgIpc) is 3.20. The quantitative estimate of drug-likeness (QED) is 0.692. The van der Waals surface area contributed by atoms with Gasteiger partial charge in [0.05, 0.1) is 13.2 Å². The molecule has 31 heavy (non-hydrogen) atoms. The van der Waals surface area contributed by atoms with Crippen LogP contribution < -0.4 is 10.1 Å². The Kier molecular flexibility index (Phi) is 6.12. The number of hydrogen-bond acceptors (Lipinski definition) is 4. The molecule has 3 aliphatic rings. The van der Waals surface area contributed by atoms with Crippen LogP contribution in [0.2, 0.25) is 0 Å². The maximum atomic E-state index is 12.6. The minimum atomic E-state index is 0.0900. The van der Waals surface area contributed by atoms with Crippen LogP contribution >= 0.6 is 0 Å². The van der Waals surface area contributed by atoms with Crippen LogP contribution in [0.4, 0.5) is 0 Å². The zero-order chi connectivity index (χ0) is 22.4. The summed E-state index contributed by atoms with van der Waals surface area (Å²) in [6.45, 7) is 8.41. The number of carbonyl (C=O) groups is 1. The highest BCUT2D eigenvalue weighted by Gasteiger charge is 2.68. The number of methoxy groups -OCH3 is 1. The van der Waals surface area contributed by atoms with Gasteiger partial charge in [0.15, 0.2) is 0 Å². The fourth-order valence-corrected chi connectivity index (χ4v) is 7.02. The van der Waals surface area contributed by atoms with Gasteiger partial charge in [-0.2, -0.15) is 0 Å². The molecule has 5 nitrogen and oxygen atoms in total. The van der Waals surface area contributed by atoms with E-state index >= 15 is 0 Å². The first-order valence-electron chi connectivity index (χ1n) is 12.0. The lowest BCUT2D eigenvalue weighted by molar-refractivity contribution is -0.137. The summed E-state index contributed by atoms with van der Waals surface area (Å²) in [5.74, 6) is 2.23. The summed E-state index contributed by atoms with van der Waals surface area (Å²) >= 11 is 0. The molecule has 0 radical (unpaired) electrons. The second kappa shape index (κ2) is 8.40. The maximum absolute atomic E-state index is 12.6. The smallest absolute Gasteiger partial charge is 0.220 e. The van der Waals surface area contributed by atoms with Crippen molar-refractivity contribution in [3.05, 3.63) is 29.3 Å². The SMILES string of the molecule is CCCC(=O)N[C@@H]1C(C)(C)[C@@H]2C[C@@H]3[C@@H](c4ccc(OC)c(CN(C)C)c4)OCCC31C2. The maximum Gasteiger partial charge on any atom is 0.220 e. The molecule has 1 spiro atoms. The molecule has 1 unspecified atom stereocenters. The first-order chi connectivity index (χ1) is 14.7. The number of hydrogen-bond donors (Lipinski definition) is 1. The van der Waals surface area contributed by atoms with E-state index in [1.807, 2.05) is 0 Å². The lowest BCUT2D eigenvalue weighted by atomic mass is 9.58. The largest absolute Gasteiger partial charge is 0.496 e. The van der Waals surface area contributed by atoms with Crippen molar-refractivity contribution in [2.75, 3.05) is 27.8 Å². The topological polar surface area (TPSA) is 50.8 Å². The number of rotatable bonds is 7. The molecule has 1 aromatic carbocycles. The van der Waals surface area contributed by atoms with E-state index in [4.69, 9.17) is 9.47 Å². The minimum Gasteiger partial charge on any atom is -0.496 e. The van der Waals surface area contributed by atoms with Crippen LogP contribution in [0.5, 0.6) is 5.75 Å². The second-order valence-electron chi connectivity index (χ2n) is 10.9. The molecule has 5 heteroatoms. The fraction of sp³-hybridized carbons (Fsp3) is 0.731. The Morgan fingerprint density at radius 3 is 2.77 bits per heavy atom. The molecule has 2 saturated carbocycles. The summed E-state index contributed by atoms with van der Waals surface area (Å²) < 4.78 is 12.1. The lowest BCUT2D eigenvalue weighted by Crippen LogP contribution is -2.58. The van der Waals surface area contributed by atoms with Gasteiger partial charge in [0, 0.05) is 31.2 Å². The van der Waals surface area contributed by atoms with Crippen molar-refractivity contribution in [3.8, 4) is 5.75 Å². The third-order valence-corrected chi connectivity index (χ3v) is 8.41. The van der Waals surface area contributed by atoms with E-state index in [0.29, 0.717) is 18.3 Å². The highest BCUT2D eigenvalue weighted by molar-refractivity contribution is 5.76. The van der Waals surface area contributed by atoms with Crippen LogP contribution in [0.1, 0.15) is 70.1 Å². The molecule has 3 fully saturated rings. The highest BCUT2D eigenvalue weighted by Crippen LogP contribution is 2.70. The number of amides is 1. The zero-order valence-electron chi connectivity index (χ0n) is 20.2. The second-order valence-corrected chi connectivity index (χ2v) is 10.9. The Morgan fingerprint density at radius 1 is 1.32 bits per heavy atom. The third kappa shape index (κ3) is 3.78. The van der Waals surface area contributed by atoms with Gasteiger partial charge in [0.25, 0.3) is 0 Å². The molecule has 1 aromatic rings. The first kappa shape index (κ1) is 22.6. The molecule has 1 saturated heterocycles. The van der Waals surface area contributed by atoms with Gasteiger partial charge < -0.3 is 19.7 Å². The summed E-state index contributed by atoms with van der Waals surface area (Å²) in [5, 5.41) is 3.50. The number of nitrogens with zero attached hydrogens (tertiary/aromatic N) is 1. The summed E-state index contributed by atoms with van der Waals surface area (Å²) in [5.41, 5.74) is 2.73. The molecule has 1 heterocycles. The number of fused-ring (bicyclic) bond motifs is 1. The zero-order valence-corrected chi connectivity index (χ0v) is 20.2. The summed E-state index contributed by atoms with van der Waals surface area (Å²) in [6, 6.07) is 6.79. The van der Waals surface area contributed by atoms with Crippen molar-refractivity contribution >= 4 is 5.91 Å². The van der Waals surface area contributed by atoms with Crippen LogP contribution in [0.15, 0.2) is 18.2 Å². The van der Waals surface area contributed by atoms with E-state index in [9.17, 15) is 4.79 Å². The Bertz CT molecular complexity index is 821. The van der Waals surface area contributed by atoms with Crippen molar-refractivity contribution in [1.82, 2.24) is 10.2 Å². The molecular weight excluding hydrogens is 388 g/mol. The molecule has 0 aromatic heterocycles. The Balaban J connectivity index is 1.66. The normalized spacial score (nSPS) is 33.4. The van der Waals surface area contributed by atoms with Crippen LogP contribution in [-0.4, -0.2) is 44.7 Å². The summed E-state index contributed by atoms with van der Waals surface area (Å²) in [7, 11) is 5.90. The lowest BCUT2D eigenvalue weighted by Gasteiger charge is -2.53. The molecule has 2 bridgehead atoms. The van der Waals surface area contributed by atoms with Crippen LogP contribution in [0.3, 0.4) is 0 Å².